The molecule has 0 aliphatic carbocycles. The van der Waals surface area contributed by atoms with Crippen LogP contribution in [0.2, 0.25) is 10.0 Å². The third-order valence-electron chi connectivity index (χ3n) is 3.07. The van der Waals surface area contributed by atoms with E-state index < -0.39 is 0 Å². The normalized spacial score (nSPS) is 13.1. The second-order valence-corrected chi connectivity index (χ2v) is 4.87. The largest absolute Gasteiger partial charge is 0.330 e. The average Bonchev–Trinajstić information content (AvgIpc) is 2.33. The smallest absolute Gasteiger partial charge is 0.0456 e. The van der Waals surface area contributed by atoms with E-state index in [1.165, 1.54) is 0 Å². The fourth-order valence-corrected chi connectivity index (χ4v) is 2.68. The van der Waals surface area contributed by atoms with Gasteiger partial charge in [0.2, 0.25) is 0 Å². The molecule has 0 saturated heterocycles. The number of likely N-dealkylation sites (N-methyl/N-ethyl adjacent to an activating group) is 1. The quantitative estimate of drug-likeness (QED) is 0.862. The highest BCUT2D eigenvalue weighted by Crippen LogP contribution is 2.31. The van der Waals surface area contributed by atoms with Crippen molar-refractivity contribution in [3.8, 4) is 0 Å². The topological polar surface area (TPSA) is 29.3 Å². The summed E-state index contributed by atoms with van der Waals surface area (Å²) in [4.78, 5) is 2.33. The number of rotatable bonds is 6. The molecule has 96 valence electrons. The molecular weight excluding hydrogens is 255 g/mol. The van der Waals surface area contributed by atoms with E-state index in [1.54, 1.807) is 0 Å². The molecule has 0 spiro atoms. The Morgan fingerprint density at radius 3 is 2.12 bits per heavy atom. The molecule has 0 amide bonds. The van der Waals surface area contributed by atoms with E-state index in [9.17, 15) is 0 Å². The van der Waals surface area contributed by atoms with Gasteiger partial charge in [-0.1, -0.05) is 43.1 Å². The van der Waals surface area contributed by atoms with E-state index in [-0.39, 0.29) is 5.92 Å². The molecule has 2 N–H and O–H groups in total. The third-order valence-corrected chi connectivity index (χ3v) is 3.72. The van der Waals surface area contributed by atoms with E-state index in [1.807, 2.05) is 18.2 Å². The zero-order valence-corrected chi connectivity index (χ0v) is 11.9. The first-order chi connectivity index (χ1) is 8.13. The Kier molecular flexibility index (Phi) is 6.28. The van der Waals surface area contributed by atoms with Gasteiger partial charge in [-0.3, -0.25) is 0 Å². The van der Waals surface area contributed by atoms with Crippen molar-refractivity contribution in [2.24, 2.45) is 5.73 Å². The number of benzene rings is 1. The van der Waals surface area contributed by atoms with Crippen LogP contribution in [-0.2, 0) is 0 Å². The molecule has 0 aromatic heterocycles. The van der Waals surface area contributed by atoms with Gasteiger partial charge in [0.1, 0.15) is 0 Å². The van der Waals surface area contributed by atoms with Crippen molar-refractivity contribution in [2.75, 3.05) is 26.2 Å². The highest BCUT2D eigenvalue weighted by Gasteiger charge is 2.18. The van der Waals surface area contributed by atoms with Crippen LogP contribution >= 0.6 is 23.2 Å². The Bertz CT molecular complexity index is 331. The monoisotopic (exact) mass is 274 g/mol. The molecule has 0 bridgehead atoms. The first-order valence-electron chi connectivity index (χ1n) is 6.00. The molecule has 1 unspecified atom stereocenters. The van der Waals surface area contributed by atoms with Crippen molar-refractivity contribution in [2.45, 2.75) is 19.8 Å². The molecule has 0 radical (unpaired) electrons. The van der Waals surface area contributed by atoms with Gasteiger partial charge in [-0.15, -0.1) is 0 Å². The molecular formula is C13H20Cl2N2. The summed E-state index contributed by atoms with van der Waals surface area (Å²) in [7, 11) is 0. The highest BCUT2D eigenvalue weighted by molar-refractivity contribution is 6.36. The SMILES string of the molecule is CCN(CC)CC(CN)c1c(Cl)cccc1Cl. The third kappa shape index (κ3) is 3.85. The van der Waals surface area contributed by atoms with Crippen molar-refractivity contribution in [3.05, 3.63) is 33.8 Å². The van der Waals surface area contributed by atoms with Crippen LogP contribution in [0.3, 0.4) is 0 Å². The molecule has 0 fully saturated rings. The van der Waals surface area contributed by atoms with Crippen LogP contribution in [-0.4, -0.2) is 31.1 Å². The van der Waals surface area contributed by atoms with Gasteiger partial charge < -0.3 is 10.6 Å². The zero-order chi connectivity index (χ0) is 12.8. The molecule has 4 heteroatoms. The van der Waals surface area contributed by atoms with Gasteiger partial charge in [-0.05, 0) is 30.8 Å². The van der Waals surface area contributed by atoms with Gasteiger partial charge in [-0.25, -0.2) is 0 Å². The molecule has 17 heavy (non-hydrogen) atoms. The predicted molar refractivity (Wildman–Crippen MR) is 76.0 cm³/mol. The first-order valence-corrected chi connectivity index (χ1v) is 6.75. The second kappa shape index (κ2) is 7.22. The van der Waals surface area contributed by atoms with Crippen molar-refractivity contribution in [1.82, 2.24) is 4.90 Å². The van der Waals surface area contributed by atoms with Gasteiger partial charge in [-0.2, -0.15) is 0 Å². The van der Waals surface area contributed by atoms with Crippen molar-refractivity contribution < 1.29 is 0 Å². The lowest BCUT2D eigenvalue weighted by atomic mass is 9.98. The molecule has 0 aliphatic rings. The average molecular weight is 275 g/mol. The number of nitrogens with two attached hydrogens (primary N) is 1. The number of hydrogen-bond acceptors (Lipinski definition) is 2. The minimum atomic E-state index is 0.191. The van der Waals surface area contributed by atoms with Gasteiger partial charge in [0.25, 0.3) is 0 Å². The standard InChI is InChI=1S/C13H20Cl2N2/c1-3-17(4-2)9-10(8-16)13-11(14)6-5-7-12(13)15/h5-7,10H,3-4,8-9,16H2,1-2H3. The van der Waals surface area contributed by atoms with Crippen LogP contribution in [0.15, 0.2) is 18.2 Å². The van der Waals surface area contributed by atoms with E-state index in [0.717, 1.165) is 25.2 Å². The zero-order valence-electron chi connectivity index (χ0n) is 10.4. The lowest BCUT2D eigenvalue weighted by molar-refractivity contribution is 0.284. The minimum absolute atomic E-state index is 0.191. The molecule has 1 aromatic carbocycles. The Morgan fingerprint density at radius 1 is 1.18 bits per heavy atom. The lowest BCUT2D eigenvalue weighted by Crippen LogP contribution is -2.31. The van der Waals surface area contributed by atoms with E-state index in [2.05, 4.69) is 18.7 Å². The number of halogens is 2. The molecule has 0 heterocycles. The van der Waals surface area contributed by atoms with Crippen LogP contribution in [0, 0.1) is 0 Å². The summed E-state index contributed by atoms with van der Waals surface area (Å²) < 4.78 is 0. The molecule has 2 nitrogen and oxygen atoms in total. The summed E-state index contributed by atoms with van der Waals surface area (Å²) in [5.41, 5.74) is 6.83. The number of hydrogen-bond donors (Lipinski definition) is 1. The maximum Gasteiger partial charge on any atom is 0.0456 e. The van der Waals surface area contributed by atoms with Crippen LogP contribution in [0.25, 0.3) is 0 Å². The number of nitrogens with zero attached hydrogens (tertiary/aromatic N) is 1. The highest BCUT2D eigenvalue weighted by atomic mass is 35.5. The molecule has 0 saturated carbocycles. The van der Waals surface area contributed by atoms with Gasteiger partial charge in [0.05, 0.1) is 0 Å². The lowest BCUT2D eigenvalue weighted by Gasteiger charge is -2.25. The van der Waals surface area contributed by atoms with E-state index >= 15 is 0 Å². The van der Waals surface area contributed by atoms with Crippen LogP contribution in [0.1, 0.15) is 25.3 Å². The fourth-order valence-electron chi connectivity index (χ4n) is 1.98. The Hall–Kier alpha value is -0.280. The maximum absolute atomic E-state index is 6.21. The summed E-state index contributed by atoms with van der Waals surface area (Å²) in [6.45, 7) is 7.76. The van der Waals surface area contributed by atoms with Gasteiger partial charge in [0.15, 0.2) is 0 Å². The van der Waals surface area contributed by atoms with Gasteiger partial charge in [0, 0.05) is 29.1 Å². The summed E-state index contributed by atoms with van der Waals surface area (Å²) >= 11 is 12.4. The summed E-state index contributed by atoms with van der Waals surface area (Å²) in [5, 5.41) is 1.42. The Balaban J connectivity index is 2.93. The van der Waals surface area contributed by atoms with E-state index in [0.29, 0.717) is 16.6 Å². The Morgan fingerprint density at radius 2 is 1.71 bits per heavy atom. The maximum atomic E-state index is 6.21. The summed E-state index contributed by atoms with van der Waals surface area (Å²) in [5.74, 6) is 0.191. The molecule has 0 aliphatic heterocycles. The first kappa shape index (κ1) is 14.8. The summed E-state index contributed by atoms with van der Waals surface area (Å²) in [6.07, 6.45) is 0. The van der Waals surface area contributed by atoms with Crippen LogP contribution < -0.4 is 5.73 Å². The second-order valence-electron chi connectivity index (χ2n) is 4.05. The van der Waals surface area contributed by atoms with Crippen LogP contribution in [0.4, 0.5) is 0 Å². The van der Waals surface area contributed by atoms with Crippen molar-refractivity contribution in [1.29, 1.82) is 0 Å². The van der Waals surface area contributed by atoms with Crippen molar-refractivity contribution >= 4 is 23.2 Å². The predicted octanol–water partition coefficient (Wildman–Crippen LogP) is 3.38. The van der Waals surface area contributed by atoms with Crippen molar-refractivity contribution in [3.63, 3.8) is 0 Å². The van der Waals surface area contributed by atoms with Crippen LogP contribution in [0.5, 0.6) is 0 Å². The fraction of sp³-hybridized carbons (Fsp3) is 0.538. The molecule has 1 atom stereocenters. The molecule has 1 rings (SSSR count). The molecule has 1 aromatic rings. The summed E-state index contributed by atoms with van der Waals surface area (Å²) in [6, 6.07) is 5.60. The Labute approximate surface area is 114 Å². The minimum Gasteiger partial charge on any atom is -0.330 e. The van der Waals surface area contributed by atoms with E-state index in [4.69, 9.17) is 28.9 Å². The van der Waals surface area contributed by atoms with Gasteiger partial charge >= 0.3 is 0 Å².